The molecule has 5 N–H and O–H groups in total. The molecule has 0 aliphatic carbocycles. The quantitative estimate of drug-likeness (QED) is 0.372. The monoisotopic (exact) mass is 377 g/mol. The van der Waals surface area contributed by atoms with Gasteiger partial charge in [0.05, 0.1) is 12.6 Å². The normalized spacial score (nSPS) is 20.3. The Kier molecular flexibility index (Phi) is 6.09. The maximum atomic E-state index is 12.9. The molecule has 144 valence electrons. The van der Waals surface area contributed by atoms with Crippen LogP contribution in [0.2, 0.25) is 0 Å². The molecule has 1 aliphatic heterocycles. The Morgan fingerprint density at radius 2 is 1.69 bits per heavy atom. The van der Waals surface area contributed by atoms with Crippen molar-refractivity contribution >= 4 is 6.29 Å². The lowest BCUT2D eigenvalue weighted by atomic mass is 10.00. The molecule has 0 saturated heterocycles. The zero-order chi connectivity index (χ0) is 19.5. The third kappa shape index (κ3) is 4.07. The molecule has 0 fully saturated rings. The van der Waals surface area contributed by atoms with E-state index in [2.05, 4.69) is 15.5 Å². The Morgan fingerprint density at radius 1 is 1.12 bits per heavy atom. The van der Waals surface area contributed by atoms with Gasteiger partial charge < -0.3 is 30.5 Å². The number of nitrogens with one attached hydrogen (secondary N) is 1. The fourth-order valence-corrected chi connectivity index (χ4v) is 2.33. The molecular weight excluding hydrogens is 359 g/mol. The second-order valence-corrected chi connectivity index (χ2v) is 5.84. The van der Waals surface area contributed by atoms with E-state index in [1.165, 1.54) is 24.3 Å². The maximum Gasteiger partial charge on any atom is 0.442 e. The van der Waals surface area contributed by atoms with Crippen LogP contribution >= 0.6 is 0 Å². The number of halogens is 3. The van der Waals surface area contributed by atoms with Crippen LogP contribution in [0.4, 0.5) is 13.2 Å². The Labute approximate surface area is 146 Å². The summed E-state index contributed by atoms with van der Waals surface area (Å²) in [6, 6.07) is 3.92. The van der Waals surface area contributed by atoms with Crippen molar-refractivity contribution in [2.75, 3.05) is 6.61 Å². The molecule has 1 aromatic rings. The number of hydrogen-bond acceptors (Lipinski definition) is 8. The van der Waals surface area contributed by atoms with Crippen molar-refractivity contribution in [2.45, 2.75) is 42.7 Å². The van der Waals surface area contributed by atoms with Gasteiger partial charge in [-0.15, -0.1) is 10.2 Å². The van der Waals surface area contributed by atoms with Gasteiger partial charge in [0.2, 0.25) is 0 Å². The van der Waals surface area contributed by atoms with E-state index in [-0.39, 0.29) is 12.1 Å². The number of carbonyl (C=O) groups excluding carboxylic acids is 1. The van der Waals surface area contributed by atoms with Crippen molar-refractivity contribution in [1.82, 2.24) is 5.32 Å². The van der Waals surface area contributed by atoms with E-state index in [1.54, 1.807) is 0 Å². The summed E-state index contributed by atoms with van der Waals surface area (Å²) in [5.74, 6) is 0. The first-order valence-corrected chi connectivity index (χ1v) is 7.60. The standard InChI is InChI=1S/C15H18F3N3O5/c16-15(17,18)14(20-21-14)9-3-1-8(2-4-9)5-19-10(6-22)12(25)13(26)11(24)7-23/h1-4,6,10-13,19,23-26H,5,7H2/t10-,11+,12+,13+/m0/s1. The third-order valence-electron chi connectivity index (χ3n) is 4.04. The van der Waals surface area contributed by atoms with E-state index in [4.69, 9.17) is 5.11 Å². The van der Waals surface area contributed by atoms with Crippen molar-refractivity contribution in [1.29, 1.82) is 0 Å². The van der Waals surface area contributed by atoms with Gasteiger partial charge in [0.25, 0.3) is 0 Å². The molecule has 8 nitrogen and oxygen atoms in total. The number of carbonyl (C=O) groups is 1. The zero-order valence-corrected chi connectivity index (χ0v) is 13.3. The average Bonchev–Trinajstić information content (AvgIpc) is 3.43. The highest BCUT2D eigenvalue weighted by Crippen LogP contribution is 2.52. The van der Waals surface area contributed by atoms with E-state index < -0.39 is 42.8 Å². The molecule has 26 heavy (non-hydrogen) atoms. The van der Waals surface area contributed by atoms with Gasteiger partial charge in [0.1, 0.15) is 24.6 Å². The number of rotatable bonds is 9. The molecule has 2 rings (SSSR count). The van der Waals surface area contributed by atoms with E-state index in [9.17, 15) is 33.3 Å². The van der Waals surface area contributed by atoms with E-state index >= 15 is 0 Å². The molecule has 1 aromatic carbocycles. The topological polar surface area (TPSA) is 135 Å². The second kappa shape index (κ2) is 7.76. The van der Waals surface area contributed by atoms with Gasteiger partial charge in [0.15, 0.2) is 0 Å². The SMILES string of the molecule is O=C[C@H](NCc1ccc(C2(C(F)(F)F)N=N2)cc1)[C@@H](O)[C@H](O)[C@H](O)CO. The molecule has 0 amide bonds. The number of aliphatic hydroxyl groups excluding tert-OH is 4. The van der Waals surface area contributed by atoms with Crippen molar-refractivity contribution < 1.29 is 38.4 Å². The fraction of sp³-hybridized carbons (Fsp3) is 0.533. The van der Waals surface area contributed by atoms with Crippen molar-refractivity contribution in [3.05, 3.63) is 35.4 Å². The Morgan fingerprint density at radius 3 is 2.12 bits per heavy atom. The van der Waals surface area contributed by atoms with Crippen LogP contribution in [0.5, 0.6) is 0 Å². The molecule has 1 heterocycles. The van der Waals surface area contributed by atoms with Crippen molar-refractivity contribution in [3.8, 4) is 0 Å². The zero-order valence-electron chi connectivity index (χ0n) is 13.3. The summed E-state index contributed by atoms with van der Waals surface area (Å²) in [4.78, 5) is 11.1. The Hall–Kier alpha value is -1.92. The lowest BCUT2D eigenvalue weighted by Gasteiger charge is -2.26. The third-order valence-corrected chi connectivity index (χ3v) is 4.04. The van der Waals surface area contributed by atoms with Gasteiger partial charge in [-0.25, -0.2) is 0 Å². The summed E-state index contributed by atoms with van der Waals surface area (Å²) >= 11 is 0. The predicted molar refractivity (Wildman–Crippen MR) is 80.8 cm³/mol. The van der Waals surface area contributed by atoms with Crippen LogP contribution in [-0.4, -0.2) is 63.8 Å². The first-order valence-electron chi connectivity index (χ1n) is 7.60. The van der Waals surface area contributed by atoms with Gasteiger partial charge in [0, 0.05) is 12.1 Å². The highest BCUT2D eigenvalue weighted by atomic mass is 19.4. The van der Waals surface area contributed by atoms with Gasteiger partial charge in [-0.3, -0.25) is 0 Å². The minimum atomic E-state index is -4.62. The van der Waals surface area contributed by atoms with E-state index in [1.807, 2.05) is 0 Å². The van der Waals surface area contributed by atoms with E-state index in [0.717, 1.165) is 0 Å². The molecule has 1 aliphatic rings. The molecule has 0 bridgehead atoms. The summed E-state index contributed by atoms with van der Waals surface area (Å²) in [6.45, 7) is -0.807. The first kappa shape index (κ1) is 20.4. The van der Waals surface area contributed by atoms with Crippen molar-refractivity contribution in [3.63, 3.8) is 0 Å². The maximum absolute atomic E-state index is 12.9. The van der Waals surface area contributed by atoms with Crippen LogP contribution in [0.1, 0.15) is 11.1 Å². The lowest BCUT2D eigenvalue weighted by Crippen LogP contribution is -2.51. The Balaban J connectivity index is 1.98. The number of alkyl halides is 3. The molecule has 0 unspecified atom stereocenters. The molecule has 0 aromatic heterocycles. The number of benzene rings is 1. The molecular formula is C15H18F3N3O5. The van der Waals surface area contributed by atoms with Crippen molar-refractivity contribution in [2.24, 2.45) is 10.2 Å². The smallest absolute Gasteiger partial charge is 0.394 e. The molecule has 11 heteroatoms. The number of aliphatic hydroxyl groups is 4. The largest absolute Gasteiger partial charge is 0.442 e. The minimum Gasteiger partial charge on any atom is -0.394 e. The predicted octanol–water partition coefficient (Wildman–Crippen LogP) is -0.400. The van der Waals surface area contributed by atoms with Gasteiger partial charge in [-0.05, 0) is 5.56 Å². The number of aldehydes is 1. The molecule has 0 spiro atoms. The fourth-order valence-electron chi connectivity index (χ4n) is 2.33. The minimum absolute atomic E-state index is 0.00398. The summed E-state index contributed by atoms with van der Waals surface area (Å²) in [6.07, 6.45) is -9.38. The summed E-state index contributed by atoms with van der Waals surface area (Å²) in [7, 11) is 0. The van der Waals surface area contributed by atoms with Gasteiger partial charge in [-0.1, -0.05) is 24.3 Å². The highest BCUT2D eigenvalue weighted by Gasteiger charge is 2.65. The molecule has 0 radical (unpaired) electrons. The molecule has 0 saturated carbocycles. The summed E-state index contributed by atoms with van der Waals surface area (Å²) in [5.41, 5.74) is -2.14. The van der Waals surface area contributed by atoms with Crippen LogP contribution in [0.15, 0.2) is 34.5 Å². The average molecular weight is 377 g/mol. The van der Waals surface area contributed by atoms with Crippen LogP contribution < -0.4 is 5.32 Å². The van der Waals surface area contributed by atoms with Crippen LogP contribution in [0.3, 0.4) is 0 Å². The Bertz CT molecular complexity index is 647. The van der Waals surface area contributed by atoms with Crippen LogP contribution in [-0.2, 0) is 17.0 Å². The summed E-state index contributed by atoms with van der Waals surface area (Å²) in [5, 5.41) is 46.3. The van der Waals surface area contributed by atoms with Gasteiger partial charge in [-0.2, -0.15) is 13.2 Å². The summed E-state index contributed by atoms with van der Waals surface area (Å²) < 4.78 is 38.7. The number of nitrogens with zero attached hydrogens (tertiary/aromatic N) is 2. The molecule has 4 atom stereocenters. The van der Waals surface area contributed by atoms with E-state index in [0.29, 0.717) is 11.8 Å². The van der Waals surface area contributed by atoms with Gasteiger partial charge >= 0.3 is 11.8 Å². The first-order chi connectivity index (χ1) is 12.2. The highest BCUT2D eigenvalue weighted by molar-refractivity contribution is 5.58. The second-order valence-electron chi connectivity index (χ2n) is 5.84. The van der Waals surface area contributed by atoms with Crippen LogP contribution in [0, 0.1) is 0 Å². The van der Waals surface area contributed by atoms with Crippen LogP contribution in [0.25, 0.3) is 0 Å². The lowest BCUT2D eigenvalue weighted by molar-refractivity contribution is -0.166. The number of hydrogen-bond donors (Lipinski definition) is 5.